The summed E-state index contributed by atoms with van der Waals surface area (Å²) in [7, 11) is 0. The fraction of sp³-hybridized carbons (Fsp3) is 0.526. The van der Waals surface area contributed by atoms with E-state index >= 15 is 0 Å². The molecule has 0 bridgehead atoms. The SMILES string of the molecule is Cc1ccc2nc(NC(=O)CN3CCN(C(=O)C4CCCO4)CC3)sc2c1. The Morgan fingerprint density at radius 3 is 2.85 bits per heavy atom. The molecule has 2 aromatic rings. The minimum Gasteiger partial charge on any atom is -0.368 e. The van der Waals surface area contributed by atoms with Gasteiger partial charge in [0.1, 0.15) is 6.10 Å². The number of piperazine rings is 1. The molecule has 0 aliphatic carbocycles. The Bertz CT molecular complexity index is 839. The predicted octanol–water partition coefficient (Wildman–Crippen LogP) is 1.87. The number of carbonyl (C=O) groups excluding carboxylic acids is 2. The summed E-state index contributed by atoms with van der Waals surface area (Å²) in [6.07, 6.45) is 1.52. The normalized spacial score (nSPS) is 20.9. The number of aryl methyl sites for hydroxylation is 1. The number of aromatic nitrogens is 1. The Hall–Kier alpha value is -2.03. The number of nitrogens with one attached hydrogen (secondary N) is 1. The topological polar surface area (TPSA) is 74.8 Å². The molecule has 3 heterocycles. The molecule has 2 fully saturated rings. The average Bonchev–Trinajstić information content (AvgIpc) is 3.30. The molecule has 0 radical (unpaired) electrons. The van der Waals surface area contributed by atoms with Gasteiger partial charge in [-0.1, -0.05) is 17.4 Å². The summed E-state index contributed by atoms with van der Waals surface area (Å²) in [5.41, 5.74) is 2.08. The van der Waals surface area contributed by atoms with E-state index in [1.807, 2.05) is 24.0 Å². The molecule has 1 unspecified atom stereocenters. The maximum absolute atomic E-state index is 12.4. The lowest BCUT2D eigenvalue weighted by Crippen LogP contribution is -2.52. The first-order chi connectivity index (χ1) is 13.1. The second-order valence-electron chi connectivity index (χ2n) is 7.14. The number of benzene rings is 1. The van der Waals surface area contributed by atoms with Gasteiger partial charge in [-0.25, -0.2) is 4.98 Å². The highest BCUT2D eigenvalue weighted by Crippen LogP contribution is 2.26. The molecule has 0 saturated carbocycles. The molecule has 7 nitrogen and oxygen atoms in total. The molecule has 2 aliphatic heterocycles. The molecule has 4 rings (SSSR count). The van der Waals surface area contributed by atoms with Gasteiger partial charge in [0.15, 0.2) is 5.13 Å². The van der Waals surface area contributed by atoms with Crippen LogP contribution in [0.2, 0.25) is 0 Å². The van der Waals surface area contributed by atoms with Crippen LogP contribution < -0.4 is 5.32 Å². The number of anilines is 1. The first-order valence-electron chi connectivity index (χ1n) is 9.38. The van der Waals surface area contributed by atoms with Crippen molar-refractivity contribution in [2.75, 3.05) is 44.6 Å². The second-order valence-corrected chi connectivity index (χ2v) is 8.17. The summed E-state index contributed by atoms with van der Waals surface area (Å²) in [4.78, 5) is 33.1. The van der Waals surface area contributed by atoms with Crippen LogP contribution in [0.4, 0.5) is 5.13 Å². The van der Waals surface area contributed by atoms with E-state index in [-0.39, 0.29) is 17.9 Å². The zero-order valence-electron chi connectivity index (χ0n) is 15.4. The first kappa shape index (κ1) is 18.3. The molecule has 1 aromatic heterocycles. The molecule has 1 aromatic carbocycles. The third kappa shape index (κ3) is 4.28. The summed E-state index contributed by atoms with van der Waals surface area (Å²) in [5.74, 6) is 0.0334. The zero-order valence-corrected chi connectivity index (χ0v) is 16.3. The Labute approximate surface area is 162 Å². The number of hydrogen-bond donors (Lipinski definition) is 1. The molecular formula is C19H24N4O3S. The molecule has 1 atom stereocenters. The van der Waals surface area contributed by atoms with Gasteiger partial charge in [-0.15, -0.1) is 0 Å². The standard InChI is InChI=1S/C19H24N4O3S/c1-13-4-5-14-16(11-13)27-19(20-14)21-17(24)12-22-6-8-23(9-7-22)18(25)15-3-2-10-26-15/h4-5,11,15H,2-3,6-10,12H2,1H3,(H,20,21,24). The quantitative estimate of drug-likeness (QED) is 0.865. The maximum atomic E-state index is 12.4. The van der Waals surface area contributed by atoms with Gasteiger partial charge in [-0.3, -0.25) is 14.5 Å². The van der Waals surface area contributed by atoms with E-state index < -0.39 is 0 Å². The first-order valence-corrected chi connectivity index (χ1v) is 10.2. The van der Waals surface area contributed by atoms with Gasteiger partial charge in [0.25, 0.3) is 5.91 Å². The van der Waals surface area contributed by atoms with Crippen molar-refractivity contribution < 1.29 is 14.3 Å². The van der Waals surface area contributed by atoms with Gasteiger partial charge in [-0.2, -0.15) is 0 Å². The molecular weight excluding hydrogens is 364 g/mol. The number of fused-ring (bicyclic) bond motifs is 1. The number of rotatable bonds is 4. The molecule has 144 valence electrons. The van der Waals surface area contributed by atoms with Crippen LogP contribution >= 0.6 is 11.3 Å². The number of carbonyl (C=O) groups is 2. The van der Waals surface area contributed by atoms with Crippen LogP contribution in [0.1, 0.15) is 18.4 Å². The molecule has 0 spiro atoms. The summed E-state index contributed by atoms with van der Waals surface area (Å²) in [6.45, 7) is 5.73. The fourth-order valence-electron chi connectivity index (χ4n) is 3.55. The van der Waals surface area contributed by atoms with Crippen molar-refractivity contribution in [3.8, 4) is 0 Å². The van der Waals surface area contributed by atoms with Gasteiger partial charge >= 0.3 is 0 Å². The summed E-state index contributed by atoms with van der Waals surface area (Å²) >= 11 is 1.49. The van der Waals surface area contributed by atoms with Crippen LogP contribution in [0.15, 0.2) is 18.2 Å². The highest BCUT2D eigenvalue weighted by Gasteiger charge is 2.30. The van der Waals surface area contributed by atoms with Crippen LogP contribution in [0.25, 0.3) is 10.2 Å². The summed E-state index contributed by atoms with van der Waals surface area (Å²) < 4.78 is 6.56. The number of thiazole rings is 1. The smallest absolute Gasteiger partial charge is 0.251 e. The Balaban J connectivity index is 1.27. The van der Waals surface area contributed by atoms with E-state index in [0.29, 0.717) is 44.5 Å². The largest absolute Gasteiger partial charge is 0.368 e. The van der Waals surface area contributed by atoms with E-state index in [0.717, 1.165) is 23.1 Å². The van der Waals surface area contributed by atoms with Crippen molar-refractivity contribution in [2.24, 2.45) is 0 Å². The lowest BCUT2D eigenvalue weighted by molar-refractivity contribution is -0.142. The molecule has 2 amide bonds. The van der Waals surface area contributed by atoms with E-state index in [1.165, 1.54) is 16.9 Å². The van der Waals surface area contributed by atoms with Crippen molar-refractivity contribution in [2.45, 2.75) is 25.9 Å². The van der Waals surface area contributed by atoms with Crippen LogP contribution in [0, 0.1) is 6.92 Å². The van der Waals surface area contributed by atoms with Crippen LogP contribution in [0.3, 0.4) is 0 Å². The Kier molecular flexibility index (Phi) is 5.38. The van der Waals surface area contributed by atoms with Gasteiger partial charge in [-0.05, 0) is 37.5 Å². The van der Waals surface area contributed by atoms with Gasteiger partial charge in [0.05, 0.1) is 16.8 Å². The number of ether oxygens (including phenoxy) is 1. The lowest BCUT2D eigenvalue weighted by atomic mass is 10.2. The highest BCUT2D eigenvalue weighted by molar-refractivity contribution is 7.22. The molecule has 2 aliphatic rings. The van der Waals surface area contributed by atoms with E-state index in [9.17, 15) is 9.59 Å². The zero-order chi connectivity index (χ0) is 18.8. The average molecular weight is 388 g/mol. The van der Waals surface area contributed by atoms with Gasteiger partial charge < -0.3 is 15.0 Å². The summed E-state index contributed by atoms with van der Waals surface area (Å²) in [6, 6.07) is 6.07. The highest BCUT2D eigenvalue weighted by atomic mass is 32.1. The maximum Gasteiger partial charge on any atom is 0.251 e. The van der Waals surface area contributed by atoms with Gasteiger partial charge in [0.2, 0.25) is 5.91 Å². The van der Waals surface area contributed by atoms with Crippen molar-refractivity contribution >= 4 is 38.5 Å². The van der Waals surface area contributed by atoms with Crippen molar-refractivity contribution in [1.82, 2.24) is 14.8 Å². The summed E-state index contributed by atoms with van der Waals surface area (Å²) in [5, 5.41) is 3.54. The van der Waals surface area contributed by atoms with Crippen molar-refractivity contribution in [3.05, 3.63) is 23.8 Å². The van der Waals surface area contributed by atoms with Gasteiger partial charge in [0, 0.05) is 32.8 Å². The van der Waals surface area contributed by atoms with E-state index in [4.69, 9.17) is 4.74 Å². The minimum absolute atomic E-state index is 0.0651. The Morgan fingerprint density at radius 1 is 1.30 bits per heavy atom. The lowest BCUT2D eigenvalue weighted by Gasteiger charge is -2.35. The van der Waals surface area contributed by atoms with E-state index in [1.54, 1.807) is 0 Å². The molecule has 2 saturated heterocycles. The molecule has 8 heteroatoms. The fourth-order valence-corrected chi connectivity index (χ4v) is 4.53. The molecule has 1 N–H and O–H groups in total. The monoisotopic (exact) mass is 388 g/mol. The third-order valence-corrected chi connectivity index (χ3v) is 5.98. The van der Waals surface area contributed by atoms with E-state index in [2.05, 4.69) is 21.3 Å². The number of nitrogens with zero attached hydrogens (tertiary/aromatic N) is 3. The van der Waals surface area contributed by atoms with Crippen LogP contribution in [-0.2, 0) is 14.3 Å². The predicted molar refractivity (Wildman–Crippen MR) is 105 cm³/mol. The van der Waals surface area contributed by atoms with Crippen molar-refractivity contribution in [1.29, 1.82) is 0 Å². The van der Waals surface area contributed by atoms with Crippen LogP contribution in [0.5, 0.6) is 0 Å². The Morgan fingerprint density at radius 2 is 2.11 bits per heavy atom. The second kappa shape index (κ2) is 7.92. The van der Waals surface area contributed by atoms with Crippen LogP contribution in [-0.4, -0.2) is 72.0 Å². The molecule has 27 heavy (non-hydrogen) atoms. The third-order valence-electron chi connectivity index (χ3n) is 5.05. The number of hydrogen-bond acceptors (Lipinski definition) is 6. The van der Waals surface area contributed by atoms with Crippen molar-refractivity contribution in [3.63, 3.8) is 0 Å². The minimum atomic E-state index is -0.262. The number of amides is 2.